The molecule has 3 heteroatoms. The first-order valence-corrected chi connectivity index (χ1v) is 5.98. The third-order valence-corrected chi connectivity index (χ3v) is 2.72. The lowest BCUT2D eigenvalue weighted by atomic mass is 10.2. The third-order valence-electron chi connectivity index (χ3n) is 2.72. The molecule has 0 radical (unpaired) electrons. The fourth-order valence-electron chi connectivity index (χ4n) is 1.55. The SMILES string of the molecule is CCc1ccc(Nc2ccc(CC)cn2)nc1. The van der Waals surface area contributed by atoms with Crippen molar-refractivity contribution in [2.75, 3.05) is 5.32 Å². The van der Waals surface area contributed by atoms with Crippen LogP contribution in [0.2, 0.25) is 0 Å². The van der Waals surface area contributed by atoms with E-state index in [0.717, 1.165) is 24.5 Å². The number of aromatic nitrogens is 2. The van der Waals surface area contributed by atoms with Crippen LogP contribution in [-0.4, -0.2) is 9.97 Å². The molecule has 0 aliphatic heterocycles. The first kappa shape index (κ1) is 11.6. The molecule has 0 spiro atoms. The molecule has 2 aromatic rings. The van der Waals surface area contributed by atoms with E-state index < -0.39 is 0 Å². The molecule has 2 rings (SSSR count). The quantitative estimate of drug-likeness (QED) is 0.870. The fourth-order valence-corrected chi connectivity index (χ4v) is 1.55. The average molecular weight is 227 g/mol. The highest BCUT2D eigenvalue weighted by molar-refractivity contribution is 5.51. The molecule has 17 heavy (non-hydrogen) atoms. The van der Waals surface area contributed by atoms with Crippen molar-refractivity contribution in [3.8, 4) is 0 Å². The van der Waals surface area contributed by atoms with Crippen LogP contribution < -0.4 is 5.32 Å². The summed E-state index contributed by atoms with van der Waals surface area (Å²) < 4.78 is 0. The molecule has 0 aliphatic rings. The van der Waals surface area contributed by atoms with Gasteiger partial charge in [0, 0.05) is 12.4 Å². The minimum absolute atomic E-state index is 0.832. The van der Waals surface area contributed by atoms with Gasteiger partial charge in [0.15, 0.2) is 0 Å². The average Bonchev–Trinajstić information content (AvgIpc) is 2.40. The molecule has 0 fully saturated rings. The number of rotatable bonds is 4. The molecular weight excluding hydrogens is 210 g/mol. The van der Waals surface area contributed by atoms with Gasteiger partial charge in [0.05, 0.1) is 0 Å². The lowest BCUT2D eigenvalue weighted by molar-refractivity contribution is 1.09. The number of nitrogens with one attached hydrogen (secondary N) is 1. The van der Waals surface area contributed by atoms with Crippen LogP contribution in [0.15, 0.2) is 36.7 Å². The van der Waals surface area contributed by atoms with Crippen LogP contribution in [0.5, 0.6) is 0 Å². The Bertz CT molecular complexity index is 414. The number of hydrogen-bond donors (Lipinski definition) is 1. The van der Waals surface area contributed by atoms with E-state index in [0.29, 0.717) is 0 Å². The van der Waals surface area contributed by atoms with E-state index in [1.165, 1.54) is 11.1 Å². The minimum atomic E-state index is 0.832. The predicted octanol–water partition coefficient (Wildman–Crippen LogP) is 3.35. The predicted molar refractivity (Wildman–Crippen MR) is 70.5 cm³/mol. The second-order valence-electron chi connectivity index (χ2n) is 3.94. The van der Waals surface area contributed by atoms with Crippen LogP contribution >= 0.6 is 0 Å². The Balaban J connectivity index is 2.08. The van der Waals surface area contributed by atoms with Gasteiger partial charge in [-0.3, -0.25) is 0 Å². The van der Waals surface area contributed by atoms with Gasteiger partial charge in [0.1, 0.15) is 11.6 Å². The van der Waals surface area contributed by atoms with Crippen molar-refractivity contribution in [1.29, 1.82) is 0 Å². The number of nitrogens with zero attached hydrogens (tertiary/aromatic N) is 2. The summed E-state index contributed by atoms with van der Waals surface area (Å²) in [7, 11) is 0. The second kappa shape index (κ2) is 5.43. The van der Waals surface area contributed by atoms with E-state index in [2.05, 4.69) is 41.3 Å². The zero-order chi connectivity index (χ0) is 12.1. The van der Waals surface area contributed by atoms with Crippen molar-refractivity contribution < 1.29 is 0 Å². The Hall–Kier alpha value is -1.90. The lowest BCUT2D eigenvalue weighted by Gasteiger charge is -2.05. The van der Waals surface area contributed by atoms with Gasteiger partial charge in [-0.25, -0.2) is 9.97 Å². The molecule has 0 aliphatic carbocycles. The highest BCUT2D eigenvalue weighted by Crippen LogP contribution is 2.13. The molecule has 0 atom stereocenters. The van der Waals surface area contributed by atoms with Crippen LogP contribution in [0.4, 0.5) is 11.6 Å². The molecule has 0 amide bonds. The van der Waals surface area contributed by atoms with E-state index in [1.54, 1.807) is 0 Å². The molecule has 0 bridgehead atoms. The van der Waals surface area contributed by atoms with Crippen molar-refractivity contribution >= 4 is 11.6 Å². The molecule has 2 heterocycles. The smallest absolute Gasteiger partial charge is 0.131 e. The normalized spacial score (nSPS) is 10.2. The van der Waals surface area contributed by atoms with Crippen LogP contribution in [0.25, 0.3) is 0 Å². The highest BCUT2D eigenvalue weighted by atomic mass is 15.0. The van der Waals surface area contributed by atoms with Crippen molar-refractivity contribution in [1.82, 2.24) is 9.97 Å². The van der Waals surface area contributed by atoms with E-state index in [-0.39, 0.29) is 0 Å². The summed E-state index contributed by atoms with van der Waals surface area (Å²) >= 11 is 0. The largest absolute Gasteiger partial charge is 0.325 e. The maximum atomic E-state index is 4.34. The summed E-state index contributed by atoms with van der Waals surface area (Å²) in [5, 5.41) is 3.18. The van der Waals surface area contributed by atoms with Crippen molar-refractivity contribution in [2.45, 2.75) is 26.7 Å². The summed E-state index contributed by atoms with van der Waals surface area (Å²) in [6.45, 7) is 4.24. The maximum absolute atomic E-state index is 4.34. The number of aryl methyl sites for hydroxylation is 2. The topological polar surface area (TPSA) is 37.8 Å². The Kier molecular flexibility index (Phi) is 3.70. The van der Waals surface area contributed by atoms with Crippen molar-refractivity contribution in [3.05, 3.63) is 47.8 Å². The van der Waals surface area contributed by atoms with Gasteiger partial charge in [0.2, 0.25) is 0 Å². The first-order chi connectivity index (χ1) is 8.31. The van der Waals surface area contributed by atoms with E-state index >= 15 is 0 Å². The first-order valence-electron chi connectivity index (χ1n) is 5.98. The second-order valence-corrected chi connectivity index (χ2v) is 3.94. The van der Waals surface area contributed by atoms with Crippen LogP contribution in [0, 0.1) is 0 Å². The molecule has 1 N–H and O–H groups in total. The maximum Gasteiger partial charge on any atom is 0.131 e. The lowest BCUT2D eigenvalue weighted by Crippen LogP contribution is -1.96. The molecule has 0 saturated heterocycles. The number of pyridine rings is 2. The molecule has 88 valence electrons. The summed E-state index contributed by atoms with van der Waals surface area (Å²) in [6.07, 6.45) is 5.80. The zero-order valence-corrected chi connectivity index (χ0v) is 10.3. The fraction of sp³-hybridized carbons (Fsp3) is 0.286. The summed E-state index contributed by atoms with van der Waals surface area (Å²) in [6, 6.07) is 8.12. The number of hydrogen-bond acceptors (Lipinski definition) is 3. The number of anilines is 2. The van der Waals surface area contributed by atoms with Gasteiger partial charge >= 0.3 is 0 Å². The van der Waals surface area contributed by atoms with Crippen LogP contribution in [0.1, 0.15) is 25.0 Å². The van der Waals surface area contributed by atoms with Gasteiger partial charge < -0.3 is 5.32 Å². The van der Waals surface area contributed by atoms with E-state index in [4.69, 9.17) is 0 Å². The summed E-state index contributed by atoms with van der Waals surface area (Å²) in [5.41, 5.74) is 2.48. The van der Waals surface area contributed by atoms with Gasteiger partial charge in [-0.15, -0.1) is 0 Å². The van der Waals surface area contributed by atoms with Crippen LogP contribution in [-0.2, 0) is 12.8 Å². The highest BCUT2D eigenvalue weighted by Gasteiger charge is 1.97. The monoisotopic (exact) mass is 227 g/mol. The molecule has 2 aromatic heterocycles. The summed E-state index contributed by atoms with van der Waals surface area (Å²) in [5.74, 6) is 1.66. The van der Waals surface area contributed by atoms with Gasteiger partial charge in [-0.1, -0.05) is 26.0 Å². The Morgan fingerprint density at radius 1 is 0.824 bits per heavy atom. The van der Waals surface area contributed by atoms with Crippen LogP contribution in [0.3, 0.4) is 0 Å². The molecule has 0 aromatic carbocycles. The molecular formula is C14H17N3. The van der Waals surface area contributed by atoms with E-state index in [9.17, 15) is 0 Å². The van der Waals surface area contributed by atoms with Crippen molar-refractivity contribution in [3.63, 3.8) is 0 Å². The standard InChI is InChI=1S/C14H17N3/c1-3-11-5-7-13(15-9-11)17-14-8-6-12(4-2)10-16-14/h5-10H,3-4H2,1-2H3,(H,15,16,17). The van der Waals surface area contributed by atoms with Crippen molar-refractivity contribution in [2.24, 2.45) is 0 Å². The van der Waals surface area contributed by atoms with Gasteiger partial charge in [-0.05, 0) is 36.1 Å². The zero-order valence-electron chi connectivity index (χ0n) is 10.3. The molecule has 0 unspecified atom stereocenters. The summed E-state index contributed by atoms with van der Waals surface area (Å²) in [4.78, 5) is 8.67. The Morgan fingerprint density at radius 2 is 1.29 bits per heavy atom. The Labute approximate surface area is 102 Å². The Morgan fingerprint density at radius 3 is 1.59 bits per heavy atom. The van der Waals surface area contributed by atoms with E-state index in [1.807, 2.05) is 24.5 Å². The van der Waals surface area contributed by atoms with Gasteiger partial charge in [0.25, 0.3) is 0 Å². The minimum Gasteiger partial charge on any atom is -0.325 e. The molecule has 3 nitrogen and oxygen atoms in total. The van der Waals surface area contributed by atoms with Gasteiger partial charge in [-0.2, -0.15) is 0 Å². The third kappa shape index (κ3) is 3.03. The molecule has 0 saturated carbocycles.